The van der Waals surface area contributed by atoms with E-state index in [1.54, 1.807) is 18.3 Å². The average Bonchev–Trinajstić information content (AvgIpc) is 2.86. The molecule has 2 rings (SSSR count). The summed E-state index contributed by atoms with van der Waals surface area (Å²) in [5, 5.41) is 16.2. The Kier molecular flexibility index (Phi) is 5.96. The highest BCUT2D eigenvalue weighted by atomic mass is 32.1. The Labute approximate surface area is 141 Å². The summed E-state index contributed by atoms with van der Waals surface area (Å²) >= 11 is 1.66. The molecular formula is C17H25N3O2S. The largest absolute Gasteiger partial charge is 0.393 e. The molecule has 23 heavy (non-hydrogen) atoms. The van der Waals surface area contributed by atoms with Crippen molar-refractivity contribution < 1.29 is 9.90 Å². The fraction of sp³-hybridized carbons (Fsp3) is 0.529. The van der Waals surface area contributed by atoms with Crippen molar-refractivity contribution in [2.75, 3.05) is 13.1 Å². The van der Waals surface area contributed by atoms with Gasteiger partial charge in [0, 0.05) is 19.5 Å². The fourth-order valence-electron chi connectivity index (χ4n) is 2.56. The summed E-state index contributed by atoms with van der Waals surface area (Å²) in [6.07, 6.45) is 1.01. The van der Waals surface area contributed by atoms with Crippen LogP contribution in [-0.4, -0.2) is 35.3 Å². The molecular weight excluding hydrogens is 310 g/mol. The van der Waals surface area contributed by atoms with Crippen molar-refractivity contribution in [3.8, 4) is 0 Å². The van der Waals surface area contributed by atoms with Gasteiger partial charge in [0.2, 0.25) is 0 Å². The summed E-state index contributed by atoms with van der Waals surface area (Å²) in [7, 11) is 0. The third-order valence-electron chi connectivity index (χ3n) is 3.54. The van der Waals surface area contributed by atoms with Crippen LogP contribution in [0.2, 0.25) is 0 Å². The van der Waals surface area contributed by atoms with Gasteiger partial charge in [0.05, 0.1) is 21.3 Å². The molecule has 1 aromatic carbocycles. The third-order valence-corrected chi connectivity index (χ3v) is 4.63. The van der Waals surface area contributed by atoms with Gasteiger partial charge in [-0.15, -0.1) is 11.3 Å². The van der Waals surface area contributed by atoms with Crippen molar-refractivity contribution in [2.45, 2.75) is 39.7 Å². The number of rotatable bonds is 7. The minimum atomic E-state index is -0.367. The second-order valence-corrected chi connectivity index (χ2v) is 7.77. The Hall–Kier alpha value is -1.66. The van der Waals surface area contributed by atoms with Gasteiger partial charge >= 0.3 is 6.03 Å². The average molecular weight is 335 g/mol. The molecule has 6 heteroatoms. The maximum Gasteiger partial charge on any atom is 0.314 e. The molecule has 0 bridgehead atoms. The molecule has 2 amide bonds. The number of aliphatic hydroxyl groups is 1. The minimum absolute atomic E-state index is 0.126. The monoisotopic (exact) mass is 335 g/mol. The Morgan fingerprint density at radius 1 is 1.35 bits per heavy atom. The summed E-state index contributed by atoms with van der Waals surface area (Å²) in [6.45, 7) is 6.91. The van der Waals surface area contributed by atoms with Crippen molar-refractivity contribution in [1.29, 1.82) is 0 Å². The maximum atomic E-state index is 11.8. The lowest BCUT2D eigenvalue weighted by molar-refractivity contribution is 0.129. The summed E-state index contributed by atoms with van der Waals surface area (Å²) in [4.78, 5) is 16.4. The molecule has 2 aromatic rings. The molecule has 1 unspecified atom stereocenters. The summed E-state index contributed by atoms with van der Waals surface area (Å²) in [5.74, 6) is 0. The van der Waals surface area contributed by atoms with E-state index in [9.17, 15) is 9.90 Å². The van der Waals surface area contributed by atoms with Crippen LogP contribution in [-0.2, 0) is 6.42 Å². The van der Waals surface area contributed by atoms with Gasteiger partial charge in [0.25, 0.3) is 0 Å². The number of carbonyl (C=O) groups excluding carboxylic acids is 1. The first-order valence-electron chi connectivity index (χ1n) is 7.90. The van der Waals surface area contributed by atoms with Crippen molar-refractivity contribution in [3.05, 3.63) is 29.3 Å². The highest BCUT2D eigenvalue weighted by Crippen LogP contribution is 2.22. The molecule has 0 saturated heterocycles. The molecule has 0 spiro atoms. The van der Waals surface area contributed by atoms with Gasteiger partial charge in [-0.05, 0) is 30.9 Å². The Bertz CT molecular complexity index is 619. The van der Waals surface area contributed by atoms with E-state index in [1.807, 2.05) is 32.0 Å². The van der Waals surface area contributed by atoms with E-state index in [1.165, 1.54) is 4.70 Å². The zero-order chi connectivity index (χ0) is 16.9. The number of nitrogens with zero attached hydrogens (tertiary/aromatic N) is 1. The summed E-state index contributed by atoms with van der Waals surface area (Å²) < 4.78 is 1.17. The van der Waals surface area contributed by atoms with Crippen LogP contribution in [0.15, 0.2) is 24.3 Å². The lowest BCUT2D eigenvalue weighted by atomic mass is 9.87. The Morgan fingerprint density at radius 3 is 2.78 bits per heavy atom. The van der Waals surface area contributed by atoms with Crippen LogP contribution in [0.25, 0.3) is 10.2 Å². The van der Waals surface area contributed by atoms with Crippen LogP contribution in [0.3, 0.4) is 0 Å². The summed E-state index contributed by atoms with van der Waals surface area (Å²) in [6, 6.07) is 7.86. The number of hydrogen-bond donors (Lipinski definition) is 3. The van der Waals surface area contributed by atoms with Crippen LogP contribution in [0.5, 0.6) is 0 Å². The first kappa shape index (κ1) is 17.7. The number of benzene rings is 1. The van der Waals surface area contributed by atoms with E-state index in [0.717, 1.165) is 16.9 Å². The third kappa shape index (κ3) is 5.80. The lowest BCUT2D eigenvalue weighted by Gasteiger charge is -2.26. The Balaban J connectivity index is 1.72. The molecule has 1 heterocycles. The molecule has 1 aromatic heterocycles. The molecule has 0 aliphatic heterocycles. The number of carbonyl (C=O) groups is 1. The number of aromatic nitrogens is 1. The topological polar surface area (TPSA) is 74.2 Å². The quantitative estimate of drug-likeness (QED) is 0.728. The van der Waals surface area contributed by atoms with E-state index in [2.05, 4.69) is 21.7 Å². The van der Waals surface area contributed by atoms with E-state index < -0.39 is 0 Å². The van der Waals surface area contributed by atoms with Crippen molar-refractivity contribution in [3.63, 3.8) is 0 Å². The number of thiazole rings is 1. The molecule has 5 nitrogen and oxygen atoms in total. The fourth-order valence-corrected chi connectivity index (χ4v) is 3.53. The number of hydrogen-bond acceptors (Lipinski definition) is 4. The standard InChI is InChI=1S/C17H25N3O2S/c1-12(21)10-17(2,3)11-19-16(22)18-9-8-15-20-13-6-4-5-7-14(13)23-15/h4-7,12,21H,8-11H2,1-3H3,(H2,18,19,22). The molecule has 0 saturated carbocycles. The predicted octanol–water partition coefficient (Wildman–Crippen LogP) is 2.94. The molecule has 0 aliphatic rings. The molecule has 0 radical (unpaired) electrons. The molecule has 0 fully saturated rings. The van der Waals surface area contributed by atoms with Gasteiger partial charge in [0.1, 0.15) is 0 Å². The Morgan fingerprint density at radius 2 is 2.09 bits per heavy atom. The van der Waals surface area contributed by atoms with E-state index in [-0.39, 0.29) is 17.6 Å². The molecule has 0 aliphatic carbocycles. The van der Waals surface area contributed by atoms with E-state index >= 15 is 0 Å². The lowest BCUT2D eigenvalue weighted by Crippen LogP contribution is -2.42. The van der Waals surface area contributed by atoms with Gasteiger partial charge in [-0.2, -0.15) is 0 Å². The number of aliphatic hydroxyl groups excluding tert-OH is 1. The van der Waals surface area contributed by atoms with Crippen LogP contribution in [0.1, 0.15) is 32.2 Å². The van der Waals surface area contributed by atoms with Gasteiger partial charge in [-0.1, -0.05) is 26.0 Å². The van der Waals surface area contributed by atoms with Crippen LogP contribution >= 0.6 is 11.3 Å². The van der Waals surface area contributed by atoms with Crippen molar-refractivity contribution in [1.82, 2.24) is 15.6 Å². The van der Waals surface area contributed by atoms with Gasteiger partial charge in [-0.25, -0.2) is 9.78 Å². The molecule has 1 atom stereocenters. The molecule has 126 valence electrons. The van der Waals surface area contributed by atoms with Gasteiger partial charge in [-0.3, -0.25) is 0 Å². The number of amides is 2. The second kappa shape index (κ2) is 7.75. The van der Waals surface area contributed by atoms with E-state index in [4.69, 9.17) is 0 Å². The number of urea groups is 1. The van der Waals surface area contributed by atoms with Crippen molar-refractivity contribution in [2.24, 2.45) is 5.41 Å². The second-order valence-electron chi connectivity index (χ2n) is 6.65. The number of nitrogens with one attached hydrogen (secondary N) is 2. The van der Waals surface area contributed by atoms with Crippen LogP contribution in [0, 0.1) is 5.41 Å². The van der Waals surface area contributed by atoms with Gasteiger partial charge in [0.15, 0.2) is 0 Å². The maximum absolute atomic E-state index is 11.8. The minimum Gasteiger partial charge on any atom is -0.393 e. The first-order chi connectivity index (χ1) is 10.9. The molecule has 3 N–H and O–H groups in total. The number of para-hydroxylation sites is 1. The van der Waals surface area contributed by atoms with Crippen LogP contribution in [0.4, 0.5) is 4.79 Å². The highest BCUT2D eigenvalue weighted by Gasteiger charge is 2.20. The summed E-state index contributed by atoms with van der Waals surface area (Å²) in [5.41, 5.74) is 0.884. The van der Waals surface area contributed by atoms with E-state index in [0.29, 0.717) is 19.5 Å². The van der Waals surface area contributed by atoms with Crippen molar-refractivity contribution >= 4 is 27.6 Å². The normalized spacial score (nSPS) is 13.0. The number of fused-ring (bicyclic) bond motifs is 1. The van der Waals surface area contributed by atoms with Crippen LogP contribution < -0.4 is 10.6 Å². The first-order valence-corrected chi connectivity index (χ1v) is 8.71. The zero-order valence-corrected chi connectivity index (χ0v) is 14.7. The SMILES string of the molecule is CC(O)CC(C)(C)CNC(=O)NCCc1nc2ccccc2s1. The predicted molar refractivity (Wildman–Crippen MR) is 94.8 cm³/mol. The van der Waals surface area contributed by atoms with Gasteiger partial charge < -0.3 is 15.7 Å². The smallest absolute Gasteiger partial charge is 0.314 e. The highest BCUT2D eigenvalue weighted by molar-refractivity contribution is 7.18. The zero-order valence-electron chi connectivity index (χ0n) is 13.9.